The Balaban J connectivity index is 4.31. The van der Waals surface area contributed by atoms with E-state index in [-0.39, 0.29) is 28.8 Å². The van der Waals surface area contributed by atoms with E-state index in [1.165, 1.54) is 0 Å². The van der Waals surface area contributed by atoms with Crippen LogP contribution in [0.1, 0.15) is 39.5 Å². The van der Waals surface area contributed by atoms with Crippen LogP contribution in [-0.4, -0.2) is 32.7 Å². The number of carboxylic acids is 2. The highest BCUT2D eigenvalue weighted by Gasteiger charge is 2.33. The Bertz CT molecular complexity index is 253. The number of carbonyl (C=O) groups is 2. The molecule has 0 saturated heterocycles. The van der Waals surface area contributed by atoms with E-state index in [2.05, 4.69) is 25.3 Å². The number of rotatable bonds is 8. The van der Waals surface area contributed by atoms with E-state index in [0.29, 0.717) is 12.8 Å². The minimum atomic E-state index is -0.846. The van der Waals surface area contributed by atoms with Crippen molar-refractivity contribution < 1.29 is 19.8 Å². The molecule has 0 aliphatic rings. The number of carboxylic acid groups (broad SMARTS) is 2. The first-order valence-corrected chi connectivity index (χ1v) is 6.51. The SMILES string of the molecule is CC(C)(C(S)CCC(=O)O)C(S)CCC(=O)O. The lowest BCUT2D eigenvalue weighted by Gasteiger charge is -2.36. The maximum atomic E-state index is 10.5. The highest BCUT2D eigenvalue weighted by atomic mass is 32.1. The molecule has 0 aliphatic heterocycles. The molecule has 0 aromatic heterocycles. The first kappa shape index (κ1) is 16.6. The molecule has 0 radical (unpaired) electrons. The van der Waals surface area contributed by atoms with Crippen molar-refractivity contribution in [3.8, 4) is 0 Å². The van der Waals surface area contributed by atoms with E-state index < -0.39 is 11.9 Å². The monoisotopic (exact) mass is 280 g/mol. The third kappa shape index (κ3) is 6.21. The van der Waals surface area contributed by atoms with Gasteiger partial charge in [-0.3, -0.25) is 9.59 Å². The van der Waals surface area contributed by atoms with Gasteiger partial charge in [0.25, 0.3) is 0 Å². The molecule has 6 heteroatoms. The standard InChI is InChI=1S/C11H20O4S2/c1-11(2,7(16)3-5-9(12)13)8(17)4-6-10(14)15/h7-8,16-17H,3-6H2,1-2H3,(H,12,13)(H,14,15). The fourth-order valence-electron chi connectivity index (χ4n) is 1.49. The lowest BCUT2D eigenvalue weighted by molar-refractivity contribution is -0.138. The largest absolute Gasteiger partial charge is 0.481 e. The van der Waals surface area contributed by atoms with E-state index in [1.54, 1.807) is 0 Å². The molecule has 0 amide bonds. The van der Waals surface area contributed by atoms with Crippen LogP contribution < -0.4 is 0 Å². The Labute approximate surface area is 113 Å². The third-order valence-electron chi connectivity index (χ3n) is 2.98. The van der Waals surface area contributed by atoms with Gasteiger partial charge in [0.05, 0.1) is 0 Å². The van der Waals surface area contributed by atoms with Crippen molar-refractivity contribution >= 4 is 37.2 Å². The molecule has 0 aromatic rings. The zero-order chi connectivity index (χ0) is 13.6. The number of hydrogen-bond acceptors (Lipinski definition) is 4. The van der Waals surface area contributed by atoms with Crippen molar-refractivity contribution in [3.05, 3.63) is 0 Å². The summed E-state index contributed by atoms with van der Waals surface area (Å²) in [5, 5.41) is 17.0. The maximum Gasteiger partial charge on any atom is 0.303 e. The van der Waals surface area contributed by atoms with Crippen LogP contribution in [0, 0.1) is 5.41 Å². The van der Waals surface area contributed by atoms with Gasteiger partial charge in [0.2, 0.25) is 0 Å². The van der Waals surface area contributed by atoms with Gasteiger partial charge in [-0.05, 0) is 18.3 Å². The number of thiol groups is 2. The summed E-state index contributed by atoms with van der Waals surface area (Å²) in [5.74, 6) is -1.69. The molecule has 2 N–H and O–H groups in total. The molecule has 0 bridgehead atoms. The molecule has 4 nitrogen and oxygen atoms in total. The summed E-state index contributed by atoms with van der Waals surface area (Å²) >= 11 is 8.82. The van der Waals surface area contributed by atoms with Gasteiger partial charge in [-0.25, -0.2) is 0 Å². The topological polar surface area (TPSA) is 74.6 Å². The average Bonchev–Trinajstić information content (AvgIpc) is 2.21. The summed E-state index contributed by atoms with van der Waals surface area (Å²) in [6.45, 7) is 3.87. The fourth-order valence-corrected chi connectivity index (χ4v) is 2.22. The van der Waals surface area contributed by atoms with Crippen LogP contribution >= 0.6 is 25.3 Å². The molecule has 100 valence electrons. The van der Waals surface area contributed by atoms with E-state index in [9.17, 15) is 9.59 Å². The molecule has 0 rings (SSSR count). The molecule has 0 fully saturated rings. The number of aliphatic carboxylic acids is 2. The third-order valence-corrected chi connectivity index (χ3v) is 4.83. The Morgan fingerprint density at radius 3 is 1.53 bits per heavy atom. The van der Waals surface area contributed by atoms with Crippen LogP contribution in [0.2, 0.25) is 0 Å². The molecule has 0 aliphatic carbocycles. The van der Waals surface area contributed by atoms with Gasteiger partial charge < -0.3 is 10.2 Å². The van der Waals surface area contributed by atoms with E-state index in [4.69, 9.17) is 10.2 Å². The summed E-state index contributed by atoms with van der Waals surface area (Å²) in [5.41, 5.74) is -0.308. The molecule has 0 saturated carbocycles. The van der Waals surface area contributed by atoms with Crippen molar-refractivity contribution in [1.29, 1.82) is 0 Å². The summed E-state index contributed by atoms with van der Waals surface area (Å²) in [6, 6.07) is 0. The predicted octanol–water partition coefficient (Wildman–Crippen LogP) is 2.34. The van der Waals surface area contributed by atoms with Crippen LogP contribution in [0.4, 0.5) is 0 Å². The minimum absolute atomic E-state index is 0.0665. The van der Waals surface area contributed by atoms with Crippen molar-refractivity contribution in [3.63, 3.8) is 0 Å². The van der Waals surface area contributed by atoms with Gasteiger partial charge in [0, 0.05) is 23.3 Å². The van der Waals surface area contributed by atoms with Crippen molar-refractivity contribution in [1.82, 2.24) is 0 Å². The van der Waals surface area contributed by atoms with Gasteiger partial charge in [-0.2, -0.15) is 25.3 Å². The lowest BCUT2D eigenvalue weighted by Crippen LogP contribution is -2.35. The fraction of sp³-hybridized carbons (Fsp3) is 0.818. The second-order valence-corrected chi connectivity index (χ2v) is 5.96. The molecule has 2 unspecified atom stereocenters. The molecule has 0 heterocycles. The van der Waals surface area contributed by atoms with E-state index in [0.717, 1.165) is 0 Å². The lowest BCUT2D eigenvalue weighted by atomic mass is 9.81. The summed E-state index contributed by atoms with van der Waals surface area (Å²) in [7, 11) is 0. The maximum absolute atomic E-state index is 10.5. The van der Waals surface area contributed by atoms with Gasteiger partial charge in [0.1, 0.15) is 0 Å². The second kappa shape index (κ2) is 7.16. The van der Waals surface area contributed by atoms with Crippen molar-refractivity contribution in [2.24, 2.45) is 5.41 Å². The van der Waals surface area contributed by atoms with Crippen LogP contribution in [0.5, 0.6) is 0 Å². The zero-order valence-electron chi connectivity index (χ0n) is 10.1. The van der Waals surface area contributed by atoms with Crippen LogP contribution in [0.15, 0.2) is 0 Å². The van der Waals surface area contributed by atoms with Crippen LogP contribution in [-0.2, 0) is 9.59 Å². The normalized spacial score (nSPS) is 15.3. The van der Waals surface area contributed by atoms with Crippen LogP contribution in [0.3, 0.4) is 0 Å². The average molecular weight is 280 g/mol. The Hall–Kier alpha value is -0.360. The minimum Gasteiger partial charge on any atom is -0.481 e. The summed E-state index contributed by atoms with van der Waals surface area (Å²) in [6.07, 6.45) is 1.04. The summed E-state index contributed by atoms with van der Waals surface area (Å²) in [4.78, 5) is 21.0. The molecule has 2 atom stereocenters. The van der Waals surface area contributed by atoms with Gasteiger partial charge in [-0.15, -0.1) is 0 Å². The smallest absolute Gasteiger partial charge is 0.303 e. The molecular weight excluding hydrogens is 260 g/mol. The second-order valence-electron chi connectivity index (χ2n) is 4.72. The molecular formula is C11H20O4S2. The Kier molecular flexibility index (Phi) is 7.01. The molecule has 0 aromatic carbocycles. The van der Waals surface area contributed by atoms with Gasteiger partial charge in [0.15, 0.2) is 0 Å². The summed E-state index contributed by atoms with van der Waals surface area (Å²) < 4.78 is 0. The van der Waals surface area contributed by atoms with Crippen molar-refractivity contribution in [2.45, 2.75) is 50.0 Å². The first-order valence-electron chi connectivity index (χ1n) is 5.47. The highest BCUT2D eigenvalue weighted by molar-refractivity contribution is 7.82. The quantitative estimate of drug-likeness (QED) is 0.515. The van der Waals surface area contributed by atoms with E-state index in [1.807, 2.05) is 13.8 Å². The van der Waals surface area contributed by atoms with Gasteiger partial charge >= 0.3 is 11.9 Å². The zero-order valence-corrected chi connectivity index (χ0v) is 11.9. The highest BCUT2D eigenvalue weighted by Crippen LogP contribution is 2.37. The van der Waals surface area contributed by atoms with E-state index >= 15 is 0 Å². The van der Waals surface area contributed by atoms with Crippen LogP contribution in [0.25, 0.3) is 0 Å². The first-order chi connectivity index (χ1) is 7.67. The Morgan fingerprint density at radius 2 is 1.29 bits per heavy atom. The van der Waals surface area contributed by atoms with Crippen molar-refractivity contribution in [2.75, 3.05) is 0 Å². The van der Waals surface area contributed by atoms with Gasteiger partial charge in [-0.1, -0.05) is 13.8 Å². The molecule has 17 heavy (non-hydrogen) atoms. The Morgan fingerprint density at radius 1 is 1.00 bits per heavy atom. The predicted molar refractivity (Wildman–Crippen MR) is 73.1 cm³/mol. The number of hydrogen-bond donors (Lipinski definition) is 4. The molecule has 0 spiro atoms.